The molecule has 0 saturated carbocycles. The molecule has 1 aromatic rings. The van der Waals surface area contributed by atoms with E-state index in [-0.39, 0.29) is 17.7 Å². The molecule has 0 aliphatic carbocycles. The van der Waals surface area contributed by atoms with E-state index in [2.05, 4.69) is 0 Å². The zero-order valence-corrected chi connectivity index (χ0v) is 9.89. The molecular formula is C13H17NO3. The second kappa shape index (κ2) is 5.29. The van der Waals surface area contributed by atoms with Crippen LogP contribution >= 0.6 is 0 Å². The number of carbonyl (C=O) groups is 1. The highest BCUT2D eigenvalue weighted by Gasteiger charge is 2.33. The summed E-state index contributed by atoms with van der Waals surface area (Å²) in [4.78, 5) is 12.3. The van der Waals surface area contributed by atoms with Crippen molar-refractivity contribution in [3.63, 3.8) is 0 Å². The maximum Gasteiger partial charge on any atom is 0.173 e. The van der Waals surface area contributed by atoms with Crippen LogP contribution in [0.3, 0.4) is 0 Å². The number of Topliss-reactive ketones (excluding diaryl/α,β-unsaturated/α-hetero) is 1. The lowest BCUT2D eigenvalue weighted by Crippen LogP contribution is -2.34. The van der Waals surface area contributed by atoms with Crippen LogP contribution < -0.4 is 10.5 Å². The molecule has 0 amide bonds. The normalized spacial score (nSPS) is 23.6. The van der Waals surface area contributed by atoms with Gasteiger partial charge in [0.1, 0.15) is 5.75 Å². The highest BCUT2D eigenvalue weighted by atomic mass is 16.5. The third-order valence-electron chi connectivity index (χ3n) is 2.91. The smallest absolute Gasteiger partial charge is 0.173 e. The van der Waals surface area contributed by atoms with Gasteiger partial charge in [-0.3, -0.25) is 4.79 Å². The average Bonchev–Trinajstić information content (AvgIpc) is 2.76. The summed E-state index contributed by atoms with van der Waals surface area (Å²) in [5.41, 5.74) is 6.45. The molecule has 1 saturated heterocycles. The van der Waals surface area contributed by atoms with Gasteiger partial charge in [-0.1, -0.05) is 12.1 Å². The highest BCUT2D eigenvalue weighted by Crippen LogP contribution is 2.24. The summed E-state index contributed by atoms with van der Waals surface area (Å²) >= 11 is 0. The van der Waals surface area contributed by atoms with E-state index in [0.29, 0.717) is 31.1 Å². The first kappa shape index (κ1) is 12.1. The summed E-state index contributed by atoms with van der Waals surface area (Å²) in [6, 6.07) is 7.05. The van der Waals surface area contributed by atoms with Crippen molar-refractivity contribution in [1.82, 2.24) is 0 Å². The summed E-state index contributed by atoms with van der Waals surface area (Å²) in [5, 5.41) is 0. The first-order chi connectivity index (χ1) is 8.24. The van der Waals surface area contributed by atoms with Gasteiger partial charge in [0.15, 0.2) is 5.78 Å². The van der Waals surface area contributed by atoms with Crippen LogP contribution in [0.25, 0.3) is 0 Å². The molecule has 4 heteroatoms. The number of carbonyl (C=O) groups excluding carboxylic acids is 1. The van der Waals surface area contributed by atoms with Crippen LogP contribution in [0.4, 0.5) is 0 Å². The fraction of sp³-hybridized carbons (Fsp3) is 0.462. The Kier molecular flexibility index (Phi) is 3.76. The fourth-order valence-electron chi connectivity index (χ4n) is 1.99. The number of ketones is 1. The summed E-state index contributed by atoms with van der Waals surface area (Å²) in [7, 11) is 0. The summed E-state index contributed by atoms with van der Waals surface area (Å²) < 4.78 is 10.7. The van der Waals surface area contributed by atoms with E-state index in [9.17, 15) is 4.79 Å². The standard InChI is InChI=1S/C13H17NO3/c1-2-17-12-6-4-3-5-9(12)13(15)10-7-16-8-11(10)14/h3-6,10-11H,2,7-8,14H2,1H3. The minimum Gasteiger partial charge on any atom is -0.493 e. The van der Waals surface area contributed by atoms with E-state index in [4.69, 9.17) is 15.2 Å². The first-order valence-corrected chi connectivity index (χ1v) is 5.83. The van der Waals surface area contributed by atoms with Crippen molar-refractivity contribution in [2.24, 2.45) is 11.7 Å². The second-order valence-electron chi connectivity index (χ2n) is 4.10. The number of hydrogen-bond donors (Lipinski definition) is 1. The molecule has 1 heterocycles. The Labute approximate surface area is 101 Å². The second-order valence-corrected chi connectivity index (χ2v) is 4.10. The molecule has 0 spiro atoms. The van der Waals surface area contributed by atoms with Crippen molar-refractivity contribution in [2.45, 2.75) is 13.0 Å². The number of benzene rings is 1. The van der Waals surface area contributed by atoms with Gasteiger partial charge >= 0.3 is 0 Å². The molecule has 92 valence electrons. The van der Waals surface area contributed by atoms with Gasteiger partial charge in [0.25, 0.3) is 0 Å². The number of nitrogens with two attached hydrogens (primary N) is 1. The SMILES string of the molecule is CCOc1ccccc1C(=O)C1COCC1N. The molecule has 2 unspecified atom stereocenters. The summed E-state index contributed by atoms with van der Waals surface area (Å²) in [5.74, 6) is 0.384. The third kappa shape index (κ3) is 2.48. The van der Waals surface area contributed by atoms with Crippen LogP contribution in [0.2, 0.25) is 0 Å². The van der Waals surface area contributed by atoms with Crippen molar-refractivity contribution < 1.29 is 14.3 Å². The molecular weight excluding hydrogens is 218 g/mol. The van der Waals surface area contributed by atoms with Gasteiger partial charge in [-0.2, -0.15) is 0 Å². The van der Waals surface area contributed by atoms with Crippen molar-refractivity contribution in [2.75, 3.05) is 19.8 Å². The van der Waals surface area contributed by atoms with Crippen molar-refractivity contribution in [1.29, 1.82) is 0 Å². The number of ether oxygens (including phenoxy) is 2. The quantitative estimate of drug-likeness (QED) is 0.798. The topological polar surface area (TPSA) is 61.5 Å². The summed E-state index contributed by atoms with van der Waals surface area (Å²) in [6.07, 6.45) is 0. The molecule has 17 heavy (non-hydrogen) atoms. The predicted molar refractivity (Wildman–Crippen MR) is 64.2 cm³/mol. The molecule has 0 bridgehead atoms. The zero-order chi connectivity index (χ0) is 12.3. The number of hydrogen-bond acceptors (Lipinski definition) is 4. The fourth-order valence-corrected chi connectivity index (χ4v) is 1.99. The molecule has 1 aliphatic heterocycles. The van der Waals surface area contributed by atoms with Crippen LogP contribution in [-0.2, 0) is 4.74 Å². The van der Waals surface area contributed by atoms with Gasteiger partial charge in [0.05, 0.1) is 31.3 Å². The van der Waals surface area contributed by atoms with Gasteiger partial charge in [0, 0.05) is 6.04 Å². The van der Waals surface area contributed by atoms with Crippen molar-refractivity contribution >= 4 is 5.78 Å². The molecule has 1 aromatic carbocycles. The molecule has 2 rings (SSSR count). The maximum absolute atomic E-state index is 12.3. The van der Waals surface area contributed by atoms with E-state index in [1.165, 1.54) is 0 Å². The lowest BCUT2D eigenvalue weighted by atomic mass is 9.93. The van der Waals surface area contributed by atoms with Crippen LogP contribution in [0.15, 0.2) is 24.3 Å². The van der Waals surface area contributed by atoms with Gasteiger partial charge < -0.3 is 15.2 Å². The summed E-state index contributed by atoms with van der Waals surface area (Å²) in [6.45, 7) is 3.29. The van der Waals surface area contributed by atoms with Crippen LogP contribution in [0, 0.1) is 5.92 Å². The lowest BCUT2D eigenvalue weighted by Gasteiger charge is -2.14. The Balaban J connectivity index is 2.23. The van der Waals surface area contributed by atoms with Gasteiger partial charge in [-0.25, -0.2) is 0 Å². The van der Waals surface area contributed by atoms with Crippen LogP contribution in [0.5, 0.6) is 5.75 Å². The first-order valence-electron chi connectivity index (χ1n) is 5.83. The Hall–Kier alpha value is -1.39. The minimum absolute atomic E-state index is 0.0130. The Morgan fingerprint density at radius 2 is 2.24 bits per heavy atom. The van der Waals surface area contributed by atoms with Gasteiger partial charge in [-0.15, -0.1) is 0 Å². The lowest BCUT2D eigenvalue weighted by molar-refractivity contribution is 0.0892. The van der Waals surface area contributed by atoms with E-state index in [1.54, 1.807) is 12.1 Å². The van der Waals surface area contributed by atoms with E-state index >= 15 is 0 Å². The molecule has 0 radical (unpaired) electrons. The van der Waals surface area contributed by atoms with E-state index in [0.717, 1.165) is 0 Å². The monoisotopic (exact) mass is 235 g/mol. The molecule has 0 aromatic heterocycles. The molecule has 1 aliphatic rings. The number of para-hydroxylation sites is 1. The Morgan fingerprint density at radius 3 is 2.88 bits per heavy atom. The van der Waals surface area contributed by atoms with E-state index in [1.807, 2.05) is 19.1 Å². The van der Waals surface area contributed by atoms with E-state index < -0.39 is 0 Å². The third-order valence-corrected chi connectivity index (χ3v) is 2.91. The number of rotatable bonds is 4. The Morgan fingerprint density at radius 1 is 1.47 bits per heavy atom. The highest BCUT2D eigenvalue weighted by molar-refractivity contribution is 6.01. The van der Waals surface area contributed by atoms with Gasteiger partial charge in [0.2, 0.25) is 0 Å². The van der Waals surface area contributed by atoms with Gasteiger partial charge in [-0.05, 0) is 19.1 Å². The molecule has 2 atom stereocenters. The minimum atomic E-state index is -0.253. The van der Waals surface area contributed by atoms with Crippen molar-refractivity contribution in [3.8, 4) is 5.75 Å². The Bertz CT molecular complexity index is 405. The zero-order valence-electron chi connectivity index (χ0n) is 9.89. The molecule has 4 nitrogen and oxygen atoms in total. The van der Waals surface area contributed by atoms with Crippen molar-refractivity contribution in [3.05, 3.63) is 29.8 Å². The predicted octanol–water partition coefficient (Wildman–Crippen LogP) is 1.24. The van der Waals surface area contributed by atoms with Crippen LogP contribution in [0.1, 0.15) is 17.3 Å². The maximum atomic E-state index is 12.3. The molecule has 1 fully saturated rings. The average molecular weight is 235 g/mol. The van der Waals surface area contributed by atoms with Crippen LogP contribution in [-0.4, -0.2) is 31.6 Å². The largest absolute Gasteiger partial charge is 0.493 e. The molecule has 2 N–H and O–H groups in total.